The number of benzene rings is 1. The van der Waals surface area contributed by atoms with Gasteiger partial charge in [-0.1, -0.05) is 12.1 Å². The summed E-state index contributed by atoms with van der Waals surface area (Å²) >= 11 is 2.83. The minimum absolute atomic E-state index is 0.0296. The van der Waals surface area contributed by atoms with Gasteiger partial charge in [-0.15, -0.1) is 28.2 Å². The highest BCUT2D eigenvalue weighted by Crippen LogP contribution is 2.41. The molecule has 0 spiro atoms. The van der Waals surface area contributed by atoms with Gasteiger partial charge in [0.2, 0.25) is 0 Å². The van der Waals surface area contributed by atoms with Crippen LogP contribution in [0.25, 0.3) is 10.2 Å². The summed E-state index contributed by atoms with van der Waals surface area (Å²) in [5.74, 6) is -0.249. The van der Waals surface area contributed by atoms with E-state index in [1.165, 1.54) is 16.2 Å². The van der Waals surface area contributed by atoms with Gasteiger partial charge in [0, 0.05) is 10.3 Å². The van der Waals surface area contributed by atoms with Crippen LogP contribution in [0.3, 0.4) is 0 Å². The number of fused-ring (bicyclic) bond motifs is 1. The molecule has 0 saturated carbocycles. The van der Waals surface area contributed by atoms with Crippen LogP contribution in [0.4, 0.5) is 10.1 Å². The second-order valence-electron chi connectivity index (χ2n) is 6.79. The highest BCUT2D eigenvalue weighted by Gasteiger charge is 2.48. The number of aromatic nitrogens is 2. The van der Waals surface area contributed by atoms with Crippen LogP contribution in [0, 0.1) is 13.8 Å². The number of thioether (sulfide) groups is 1. The molecule has 1 aromatic carbocycles. The standard InChI is InChI=1S/C19H19FN4OS2/c1-10-11(2)22-23-17-14(10)15(21)16(27-17)18(25)24-8-19(20,9-24)12-4-6-13(26-3)7-5-12/h4-7H,8-9,21H2,1-3H3. The Balaban J connectivity index is 1.57. The maximum atomic E-state index is 15.2. The highest BCUT2D eigenvalue weighted by molar-refractivity contribution is 7.98. The number of alkyl halides is 1. The number of nitrogens with zero attached hydrogens (tertiary/aromatic N) is 3. The lowest BCUT2D eigenvalue weighted by Gasteiger charge is -2.44. The number of nitrogens with two attached hydrogens (primary N) is 1. The Bertz CT molecular complexity index is 1040. The first-order valence-corrected chi connectivity index (χ1v) is 10.5. The lowest BCUT2D eigenvalue weighted by atomic mass is 9.88. The van der Waals surface area contributed by atoms with Crippen molar-refractivity contribution in [1.82, 2.24) is 15.1 Å². The van der Waals surface area contributed by atoms with Gasteiger partial charge >= 0.3 is 0 Å². The molecule has 0 unspecified atom stereocenters. The van der Waals surface area contributed by atoms with E-state index in [9.17, 15) is 4.79 Å². The Morgan fingerprint density at radius 1 is 1.26 bits per heavy atom. The SMILES string of the molecule is CSc1ccc(C2(F)CN(C(=O)c3sc4nnc(C)c(C)c4c3N)C2)cc1. The van der Waals surface area contributed by atoms with Crippen LogP contribution in [-0.2, 0) is 5.67 Å². The van der Waals surface area contributed by atoms with Gasteiger partial charge in [0.05, 0.1) is 24.5 Å². The number of amides is 1. The first-order chi connectivity index (χ1) is 12.8. The van der Waals surface area contributed by atoms with E-state index < -0.39 is 5.67 Å². The van der Waals surface area contributed by atoms with Crippen molar-refractivity contribution in [2.75, 3.05) is 25.1 Å². The minimum Gasteiger partial charge on any atom is -0.397 e. The van der Waals surface area contributed by atoms with E-state index >= 15 is 4.39 Å². The molecule has 1 amide bonds. The summed E-state index contributed by atoms with van der Waals surface area (Å²) in [6.07, 6.45) is 1.98. The summed E-state index contributed by atoms with van der Waals surface area (Å²) in [6.45, 7) is 3.83. The maximum Gasteiger partial charge on any atom is 0.266 e. The van der Waals surface area contributed by atoms with Crippen LogP contribution in [-0.4, -0.2) is 40.3 Å². The summed E-state index contributed by atoms with van der Waals surface area (Å²) in [5, 5.41) is 9.01. The molecule has 3 aromatic rings. The Morgan fingerprint density at radius 2 is 1.93 bits per heavy atom. The monoisotopic (exact) mass is 402 g/mol. The second-order valence-corrected chi connectivity index (χ2v) is 8.67. The largest absolute Gasteiger partial charge is 0.397 e. The van der Waals surface area contributed by atoms with Crippen LogP contribution >= 0.6 is 23.1 Å². The van der Waals surface area contributed by atoms with Gasteiger partial charge in [-0.2, -0.15) is 5.10 Å². The summed E-state index contributed by atoms with van der Waals surface area (Å²) < 4.78 is 15.2. The quantitative estimate of drug-likeness (QED) is 0.672. The molecule has 8 heteroatoms. The maximum absolute atomic E-state index is 15.2. The molecule has 1 aliphatic heterocycles. The number of carbonyl (C=O) groups is 1. The van der Waals surface area contributed by atoms with Gasteiger partial charge in [-0.05, 0) is 43.4 Å². The smallest absolute Gasteiger partial charge is 0.266 e. The van der Waals surface area contributed by atoms with Crippen LogP contribution in [0.15, 0.2) is 29.2 Å². The molecular formula is C19H19FN4OS2. The number of hydrogen-bond donors (Lipinski definition) is 1. The number of aryl methyl sites for hydroxylation is 2. The lowest BCUT2D eigenvalue weighted by Crippen LogP contribution is -2.58. The van der Waals surface area contributed by atoms with Crippen LogP contribution in [0.5, 0.6) is 0 Å². The van der Waals surface area contributed by atoms with Crippen molar-refractivity contribution >= 4 is 44.9 Å². The van der Waals surface area contributed by atoms with Gasteiger partial charge in [-0.3, -0.25) is 4.79 Å². The number of hydrogen-bond acceptors (Lipinski definition) is 6. The zero-order chi connectivity index (χ0) is 19.3. The molecular weight excluding hydrogens is 383 g/mol. The summed E-state index contributed by atoms with van der Waals surface area (Å²) in [6, 6.07) is 7.39. The van der Waals surface area contributed by atoms with Crippen LogP contribution in [0.2, 0.25) is 0 Å². The molecule has 3 heterocycles. The number of nitrogen functional groups attached to an aromatic ring is 1. The molecule has 4 rings (SSSR count). The summed E-state index contributed by atoms with van der Waals surface area (Å²) in [4.78, 5) is 16.5. The van der Waals surface area contributed by atoms with Crippen LogP contribution in [0.1, 0.15) is 26.5 Å². The average molecular weight is 403 g/mol. The number of likely N-dealkylation sites (tertiary alicyclic amines) is 1. The van der Waals surface area contributed by atoms with Crippen molar-refractivity contribution < 1.29 is 9.18 Å². The fraction of sp³-hybridized carbons (Fsp3) is 0.316. The van der Waals surface area contributed by atoms with E-state index in [-0.39, 0.29) is 19.0 Å². The second kappa shape index (κ2) is 6.45. The molecule has 2 aromatic heterocycles. The third kappa shape index (κ3) is 2.87. The van der Waals surface area contributed by atoms with E-state index in [0.717, 1.165) is 21.5 Å². The molecule has 0 aliphatic carbocycles. The van der Waals surface area contributed by atoms with E-state index in [4.69, 9.17) is 5.73 Å². The van der Waals surface area contributed by atoms with Crippen molar-refractivity contribution in [3.8, 4) is 0 Å². The minimum atomic E-state index is -1.51. The van der Waals surface area contributed by atoms with Crippen molar-refractivity contribution in [1.29, 1.82) is 0 Å². The first-order valence-electron chi connectivity index (χ1n) is 8.48. The van der Waals surface area contributed by atoms with Gasteiger partial charge in [0.25, 0.3) is 5.91 Å². The third-order valence-corrected chi connectivity index (χ3v) is 6.93. The fourth-order valence-corrected chi connectivity index (χ4v) is 4.79. The molecule has 2 N–H and O–H groups in total. The van der Waals surface area contributed by atoms with Gasteiger partial charge in [0.1, 0.15) is 9.71 Å². The van der Waals surface area contributed by atoms with E-state index in [2.05, 4.69) is 10.2 Å². The highest BCUT2D eigenvalue weighted by atomic mass is 32.2. The number of anilines is 1. The molecule has 1 aliphatic rings. The Kier molecular flexibility index (Phi) is 4.35. The summed E-state index contributed by atoms with van der Waals surface area (Å²) in [5.41, 5.74) is 7.45. The predicted octanol–water partition coefficient (Wildman–Crippen LogP) is 3.93. The molecule has 5 nitrogen and oxygen atoms in total. The molecule has 0 radical (unpaired) electrons. The molecule has 1 saturated heterocycles. The van der Waals surface area contributed by atoms with Crippen molar-refractivity contribution in [3.63, 3.8) is 0 Å². The van der Waals surface area contributed by atoms with E-state index in [1.54, 1.807) is 23.9 Å². The van der Waals surface area contributed by atoms with Crippen LogP contribution < -0.4 is 5.73 Å². The van der Waals surface area contributed by atoms with Crippen molar-refractivity contribution in [3.05, 3.63) is 46.0 Å². The number of rotatable bonds is 3. The average Bonchev–Trinajstić information content (AvgIpc) is 2.99. The Hall–Kier alpha value is -2.19. The summed E-state index contributed by atoms with van der Waals surface area (Å²) in [7, 11) is 0. The molecule has 140 valence electrons. The number of thiophene rings is 1. The first kappa shape index (κ1) is 18.2. The predicted molar refractivity (Wildman–Crippen MR) is 108 cm³/mol. The molecule has 0 bridgehead atoms. The Morgan fingerprint density at radius 3 is 2.56 bits per heavy atom. The lowest BCUT2D eigenvalue weighted by molar-refractivity contribution is -0.0228. The third-order valence-electron chi connectivity index (χ3n) is 5.11. The molecule has 0 atom stereocenters. The number of carbonyl (C=O) groups excluding carboxylic acids is 1. The van der Waals surface area contributed by atoms with Gasteiger partial charge in [0.15, 0.2) is 5.67 Å². The topological polar surface area (TPSA) is 72.1 Å². The van der Waals surface area contributed by atoms with Gasteiger partial charge < -0.3 is 10.6 Å². The molecule has 27 heavy (non-hydrogen) atoms. The zero-order valence-electron chi connectivity index (χ0n) is 15.2. The van der Waals surface area contributed by atoms with Crippen molar-refractivity contribution in [2.45, 2.75) is 24.4 Å². The van der Waals surface area contributed by atoms with Crippen molar-refractivity contribution in [2.24, 2.45) is 0 Å². The number of halogens is 1. The Labute approximate surface area is 164 Å². The molecule has 1 fully saturated rings. The normalized spacial score (nSPS) is 15.8. The zero-order valence-corrected chi connectivity index (χ0v) is 16.9. The van der Waals surface area contributed by atoms with Gasteiger partial charge in [-0.25, -0.2) is 4.39 Å². The van der Waals surface area contributed by atoms with E-state index in [1.807, 2.05) is 32.2 Å². The van der Waals surface area contributed by atoms with E-state index in [0.29, 0.717) is 21.0 Å². The fourth-order valence-electron chi connectivity index (χ4n) is 3.32.